The molecule has 0 aromatic heterocycles. The Morgan fingerprint density at radius 2 is 2.00 bits per heavy atom. The van der Waals surface area contributed by atoms with Crippen LogP contribution in [0.1, 0.15) is 15.9 Å². The van der Waals surface area contributed by atoms with E-state index < -0.39 is 5.82 Å². The molecule has 0 bridgehead atoms. The van der Waals surface area contributed by atoms with Gasteiger partial charge in [0.2, 0.25) is 0 Å². The van der Waals surface area contributed by atoms with E-state index in [-0.39, 0.29) is 17.2 Å². The molecule has 0 radical (unpaired) electrons. The lowest BCUT2D eigenvalue weighted by Crippen LogP contribution is -2.04. The maximum absolute atomic E-state index is 13.3. The van der Waals surface area contributed by atoms with Crippen molar-refractivity contribution >= 4 is 33.3 Å². The van der Waals surface area contributed by atoms with E-state index in [0.717, 1.165) is 10.0 Å². The van der Waals surface area contributed by atoms with Crippen LogP contribution in [0, 0.1) is 5.82 Å². The zero-order valence-electron chi connectivity index (χ0n) is 9.29. The maximum Gasteiger partial charge on any atom is 0.167 e. The van der Waals surface area contributed by atoms with Crippen LogP contribution in [0.25, 0.3) is 0 Å². The number of ketones is 1. The summed E-state index contributed by atoms with van der Waals surface area (Å²) in [7, 11) is 0. The minimum atomic E-state index is -0.572. The lowest BCUT2D eigenvalue weighted by molar-refractivity contribution is 0.0992. The van der Waals surface area contributed by atoms with Crippen molar-refractivity contribution in [3.63, 3.8) is 0 Å². The van der Waals surface area contributed by atoms with Gasteiger partial charge in [0.15, 0.2) is 5.78 Å². The lowest BCUT2D eigenvalue weighted by atomic mass is 10.0. The second kappa shape index (κ2) is 5.63. The molecule has 0 aliphatic carbocycles. The first-order chi connectivity index (χ1) is 8.56. The summed E-state index contributed by atoms with van der Waals surface area (Å²) in [5.74, 6) is -0.708. The summed E-state index contributed by atoms with van der Waals surface area (Å²) in [5.41, 5.74) is 1.21. The zero-order valence-corrected chi connectivity index (χ0v) is 11.6. The SMILES string of the molecule is O=C(Cc1cccc(Br)c1)c1ccc(Cl)c(F)c1. The Bertz CT molecular complexity index is 598. The lowest BCUT2D eigenvalue weighted by Gasteiger charge is -2.03. The van der Waals surface area contributed by atoms with Gasteiger partial charge in [-0.2, -0.15) is 0 Å². The highest BCUT2D eigenvalue weighted by atomic mass is 79.9. The van der Waals surface area contributed by atoms with Gasteiger partial charge >= 0.3 is 0 Å². The molecule has 2 aromatic carbocycles. The van der Waals surface area contributed by atoms with E-state index in [4.69, 9.17) is 11.6 Å². The van der Waals surface area contributed by atoms with Crippen molar-refractivity contribution in [3.8, 4) is 0 Å². The van der Waals surface area contributed by atoms with Crippen molar-refractivity contribution in [2.45, 2.75) is 6.42 Å². The maximum atomic E-state index is 13.3. The van der Waals surface area contributed by atoms with E-state index in [0.29, 0.717) is 5.56 Å². The van der Waals surface area contributed by atoms with Crippen LogP contribution in [0.15, 0.2) is 46.9 Å². The number of hydrogen-bond acceptors (Lipinski definition) is 1. The molecule has 0 aliphatic rings. The predicted octanol–water partition coefficient (Wildman–Crippen LogP) is 4.67. The molecular weight excluding hydrogens is 319 g/mol. The van der Waals surface area contributed by atoms with E-state index in [1.807, 2.05) is 24.3 Å². The molecule has 92 valence electrons. The molecule has 2 rings (SSSR count). The monoisotopic (exact) mass is 326 g/mol. The summed E-state index contributed by atoms with van der Waals surface area (Å²) in [6.07, 6.45) is 0.237. The number of benzene rings is 2. The molecule has 0 aliphatic heterocycles. The van der Waals surface area contributed by atoms with Crippen LogP contribution >= 0.6 is 27.5 Å². The Balaban J connectivity index is 2.19. The van der Waals surface area contributed by atoms with E-state index in [1.54, 1.807) is 0 Å². The summed E-state index contributed by atoms with van der Waals surface area (Å²) in [5, 5.41) is 0.0222. The predicted molar refractivity (Wildman–Crippen MR) is 73.6 cm³/mol. The first kappa shape index (κ1) is 13.2. The van der Waals surface area contributed by atoms with Gasteiger partial charge in [-0.3, -0.25) is 4.79 Å². The molecule has 0 spiro atoms. The van der Waals surface area contributed by atoms with Gasteiger partial charge < -0.3 is 0 Å². The Labute approximate surface area is 118 Å². The van der Waals surface area contributed by atoms with E-state index in [1.165, 1.54) is 18.2 Å². The number of carbonyl (C=O) groups is 1. The molecule has 0 fully saturated rings. The molecule has 1 nitrogen and oxygen atoms in total. The Morgan fingerprint density at radius 1 is 1.22 bits per heavy atom. The summed E-state index contributed by atoms with van der Waals surface area (Å²) in [4.78, 5) is 12.0. The highest BCUT2D eigenvalue weighted by Crippen LogP contribution is 2.18. The molecule has 0 saturated heterocycles. The molecule has 0 heterocycles. The van der Waals surface area contributed by atoms with Gasteiger partial charge in [0, 0.05) is 16.5 Å². The standard InChI is InChI=1S/C14H9BrClFO/c15-11-3-1-2-9(6-11)7-14(18)10-4-5-12(16)13(17)8-10/h1-6,8H,7H2. The van der Waals surface area contributed by atoms with E-state index >= 15 is 0 Å². The third-order valence-electron chi connectivity index (χ3n) is 2.50. The van der Waals surface area contributed by atoms with Crippen molar-refractivity contribution in [2.75, 3.05) is 0 Å². The first-order valence-corrected chi connectivity index (χ1v) is 6.46. The highest BCUT2D eigenvalue weighted by Gasteiger charge is 2.10. The van der Waals surface area contributed by atoms with Crippen LogP contribution in [0.4, 0.5) is 4.39 Å². The Kier molecular flexibility index (Phi) is 4.15. The third kappa shape index (κ3) is 3.18. The molecular formula is C14H9BrClFO. The van der Waals surface area contributed by atoms with Crippen molar-refractivity contribution in [1.82, 2.24) is 0 Å². The summed E-state index contributed by atoms with van der Waals surface area (Å²) < 4.78 is 14.2. The fourth-order valence-corrected chi connectivity index (χ4v) is 2.17. The molecule has 0 N–H and O–H groups in total. The zero-order chi connectivity index (χ0) is 13.1. The Morgan fingerprint density at radius 3 is 2.67 bits per heavy atom. The fourth-order valence-electron chi connectivity index (χ4n) is 1.60. The van der Waals surface area contributed by atoms with Crippen LogP contribution in [-0.4, -0.2) is 5.78 Å². The molecule has 0 amide bonds. The smallest absolute Gasteiger partial charge is 0.167 e. The number of Topliss-reactive ketones (excluding diaryl/α,β-unsaturated/α-hetero) is 1. The minimum Gasteiger partial charge on any atom is -0.294 e. The second-order valence-electron chi connectivity index (χ2n) is 3.86. The van der Waals surface area contributed by atoms with Crippen molar-refractivity contribution < 1.29 is 9.18 Å². The normalized spacial score (nSPS) is 10.4. The third-order valence-corrected chi connectivity index (χ3v) is 3.30. The summed E-state index contributed by atoms with van der Waals surface area (Å²) in [6.45, 7) is 0. The second-order valence-corrected chi connectivity index (χ2v) is 5.18. The summed E-state index contributed by atoms with van der Waals surface area (Å²) >= 11 is 8.91. The molecule has 0 atom stereocenters. The van der Waals surface area contributed by atoms with Gasteiger partial charge in [0.25, 0.3) is 0 Å². The van der Waals surface area contributed by atoms with Gasteiger partial charge in [-0.1, -0.05) is 39.7 Å². The van der Waals surface area contributed by atoms with Crippen molar-refractivity contribution in [3.05, 3.63) is 68.9 Å². The number of carbonyl (C=O) groups excluding carboxylic acids is 1. The fraction of sp³-hybridized carbons (Fsp3) is 0.0714. The van der Waals surface area contributed by atoms with Gasteiger partial charge in [0.1, 0.15) is 5.82 Å². The van der Waals surface area contributed by atoms with Crippen molar-refractivity contribution in [2.24, 2.45) is 0 Å². The topological polar surface area (TPSA) is 17.1 Å². The minimum absolute atomic E-state index is 0.0222. The number of hydrogen-bond donors (Lipinski definition) is 0. The molecule has 18 heavy (non-hydrogen) atoms. The van der Waals surface area contributed by atoms with Gasteiger partial charge in [0.05, 0.1) is 5.02 Å². The first-order valence-electron chi connectivity index (χ1n) is 5.29. The van der Waals surface area contributed by atoms with Crippen molar-refractivity contribution in [1.29, 1.82) is 0 Å². The quantitative estimate of drug-likeness (QED) is 0.749. The number of halogens is 3. The Hall–Kier alpha value is -1.19. The van der Waals surface area contributed by atoms with Crippen LogP contribution in [-0.2, 0) is 6.42 Å². The van der Waals surface area contributed by atoms with Gasteiger partial charge in [-0.25, -0.2) is 4.39 Å². The average Bonchev–Trinajstić information content (AvgIpc) is 2.32. The molecule has 4 heteroatoms. The van der Waals surface area contributed by atoms with Crippen LogP contribution in [0.2, 0.25) is 5.02 Å². The van der Waals surface area contributed by atoms with Gasteiger partial charge in [-0.05, 0) is 35.9 Å². The molecule has 2 aromatic rings. The average molecular weight is 328 g/mol. The molecule has 0 saturated carbocycles. The highest BCUT2D eigenvalue weighted by molar-refractivity contribution is 9.10. The van der Waals surface area contributed by atoms with E-state index in [2.05, 4.69) is 15.9 Å². The van der Waals surface area contributed by atoms with Crippen LogP contribution in [0.3, 0.4) is 0 Å². The number of rotatable bonds is 3. The van der Waals surface area contributed by atoms with Crippen LogP contribution < -0.4 is 0 Å². The molecule has 0 unspecified atom stereocenters. The summed E-state index contributed by atoms with van der Waals surface area (Å²) in [6, 6.07) is 11.6. The largest absolute Gasteiger partial charge is 0.294 e. The van der Waals surface area contributed by atoms with Crippen LogP contribution in [0.5, 0.6) is 0 Å². The van der Waals surface area contributed by atoms with E-state index in [9.17, 15) is 9.18 Å². The van der Waals surface area contributed by atoms with Gasteiger partial charge in [-0.15, -0.1) is 0 Å².